The third-order valence-electron chi connectivity index (χ3n) is 3.19. The number of hydrogen-bond acceptors (Lipinski definition) is 6. The van der Waals surface area contributed by atoms with E-state index in [0.717, 1.165) is 23.4 Å². The van der Waals surface area contributed by atoms with Crippen LogP contribution in [0.1, 0.15) is 18.2 Å². The van der Waals surface area contributed by atoms with Crippen LogP contribution < -0.4 is 22.6 Å². The van der Waals surface area contributed by atoms with E-state index < -0.39 is 0 Å². The molecule has 8 heteroatoms. The molecular weight excluding hydrogens is 292 g/mol. The second-order valence-electron chi connectivity index (χ2n) is 5.44. The van der Waals surface area contributed by atoms with Crippen LogP contribution in [-0.2, 0) is 13.1 Å². The Morgan fingerprint density at radius 3 is 2.91 bits per heavy atom. The van der Waals surface area contributed by atoms with E-state index in [-0.39, 0.29) is 0 Å². The summed E-state index contributed by atoms with van der Waals surface area (Å²) in [5.74, 6) is 6.43. The van der Waals surface area contributed by atoms with E-state index in [1.807, 2.05) is 31.6 Å². The Labute approximate surface area is 135 Å². The Kier molecular flexibility index (Phi) is 5.69. The SMILES string of the molecule is CNCc1cnc2ccc(CN(N)CC(N)=N/C=C(/C)N)cn12. The average molecular weight is 316 g/mol. The first-order valence-corrected chi connectivity index (χ1v) is 7.33. The summed E-state index contributed by atoms with van der Waals surface area (Å²) in [6.07, 6.45) is 5.42. The normalized spacial score (nSPS) is 13.2. The molecule has 0 radical (unpaired) electrons. The molecule has 0 saturated carbocycles. The van der Waals surface area contributed by atoms with Gasteiger partial charge < -0.3 is 21.2 Å². The molecule has 0 fully saturated rings. The van der Waals surface area contributed by atoms with Crippen LogP contribution in [0.15, 0.2) is 41.4 Å². The smallest absolute Gasteiger partial charge is 0.136 e. The predicted octanol–water partition coefficient (Wildman–Crippen LogP) is -0.0934. The van der Waals surface area contributed by atoms with Gasteiger partial charge in [0, 0.05) is 31.2 Å². The van der Waals surface area contributed by atoms with E-state index in [1.54, 1.807) is 11.9 Å². The largest absolute Gasteiger partial charge is 0.401 e. The zero-order chi connectivity index (χ0) is 16.8. The van der Waals surface area contributed by atoms with Gasteiger partial charge in [-0.05, 0) is 25.6 Å². The fourth-order valence-electron chi connectivity index (χ4n) is 2.20. The number of hydrazine groups is 1. The maximum absolute atomic E-state index is 6.01. The summed E-state index contributed by atoms with van der Waals surface area (Å²) in [5.41, 5.74) is 15.0. The number of hydrogen-bond donors (Lipinski definition) is 4. The van der Waals surface area contributed by atoms with Crippen molar-refractivity contribution in [2.45, 2.75) is 20.0 Å². The van der Waals surface area contributed by atoms with E-state index in [4.69, 9.17) is 17.3 Å². The predicted molar refractivity (Wildman–Crippen MR) is 92.1 cm³/mol. The van der Waals surface area contributed by atoms with Crippen molar-refractivity contribution >= 4 is 11.5 Å². The first-order valence-electron chi connectivity index (χ1n) is 7.33. The van der Waals surface area contributed by atoms with Crippen molar-refractivity contribution in [1.29, 1.82) is 0 Å². The number of pyridine rings is 1. The monoisotopic (exact) mass is 316 g/mol. The lowest BCUT2D eigenvalue weighted by atomic mass is 10.2. The molecule has 0 aliphatic rings. The molecule has 0 spiro atoms. The van der Waals surface area contributed by atoms with Crippen molar-refractivity contribution in [2.75, 3.05) is 13.6 Å². The Morgan fingerprint density at radius 2 is 2.22 bits per heavy atom. The number of aromatic nitrogens is 2. The lowest BCUT2D eigenvalue weighted by Crippen LogP contribution is -2.38. The van der Waals surface area contributed by atoms with Gasteiger partial charge in [0.25, 0.3) is 0 Å². The zero-order valence-corrected chi connectivity index (χ0v) is 13.5. The molecule has 8 nitrogen and oxygen atoms in total. The number of imidazole rings is 1. The fourth-order valence-corrected chi connectivity index (χ4v) is 2.20. The van der Waals surface area contributed by atoms with E-state index in [9.17, 15) is 0 Å². The number of fused-ring (bicyclic) bond motifs is 1. The molecule has 0 aliphatic carbocycles. The summed E-state index contributed by atoms with van der Waals surface area (Å²) in [6.45, 7) is 3.41. The highest BCUT2D eigenvalue weighted by Gasteiger charge is 2.07. The molecule has 0 bridgehead atoms. The highest BCUT2D eigenvalue weighted by atomic mass is 15.4. The molecular formula is C15H24N8. The Hall–Kier alpha value is -2.42. The second kappa shape index (κ2) is 7.73. The molecule has 124 valence electrons. The Bertz CT molecular complexity index is 711. The van der Waals surface area contributed by atoms with Crippen LogP contribution in [0, 0.1) is 0 Å². The van der Waals surface area contributed by atoms with Crippen molar-refractivity contribution in [3.05, 3.63) is 47.7 Å². The van der Waals surface area contributed by atoms with Crippen LogP contribution >= 0.6 is 0 Å². The molecule has 0 aromatic carbocycles. The average Bonchev–Trinajstić information content (AvgIpc) is 2.88. The third-order valence-corrected chi connectivity index (χ3v) is 3.19. The number of amidine groups is 1. The van der Waals surface area contributed by atoms with Gasteiger partial charge in [-0.3, -0.25) is 5.84 Å². The number of allylic oxidation sites excluding steroid dienone is 1. The third kappa shape index (κ3) is 4.78. The number of nitrogens with two attached hydrogens (primary N) is 3. The van der Waals surface area contributed by atoms with Gasteiger partial charge in [-0.2, -0.15) is 0 Å². The Balaban J connectivity index is 2.07. The van der Waals surface area contributed by atoms with Gasteiger partial charge in [0.15, 0.2) is 0 Å². The Morgan fingerprint density at radius 1 is 1.43 bits per heavy atom. The van der Waals surface area contributed by atoms with E-state index in [1.165, 1.54) is 6.20 Å². The van der Waals surface area contributed by atoms with Gasteiger partial charge in [-0.25, -0.2) is 15.0 Å². The highest BCUT2D eigenvalue weighted by molar-refractivity contribution is 5.82. The first-order chi connectivity index (χ1) is 11.0. The summed E-state index contributed by atoms with van der Waals surface area (Å²) >= 11 is 0. The van der Waals surface area contributed by atoms with E-state index in [0.29, 0.717) is 24.6 Å². The number of nitrogens with one attached hydrogen (secondary N) is 1. The molecule has 0 aliphatic heterocycles. The molecule has 2 aromatic rings. The topological polar surface area (TPSA) is 123 Å². The lowest BCUT2D eigenvalue weighted by Gasteiger charge is -2.16. The standard InChI is InChI=1S/C15H24N8/c1-11(16)5-20-14(17)10-22(18)8-12-3-4-15-21-7-13(6-19-2)23(15)9-12/h3-5,7,9,19H,6,8,10,16,18H2,1-2H3,(H2,17,20)/b11-5-. The molecule has 0 atom stereocenters. The maximum Gasteiger partial charge on any atom is 0.136 e. The van der Waals surface area contributed by atoms with Gasteiger partial charge in [-0.15, -0.1) is 0 Å². The van der Waals surface area contributed by atoms with Crippen molar-refractivity contribution < 1.29 is 0 Å². The van der Waals surface area contributed by atoms with Crippen LogP contribution in [0.4, 0.5) is 0 Å². The summed E-state index contributed by atoms with van der Waals surface area (Å²) in [5, 5.41) is 4.73. The molecule has 0 unspecified atom stereocenters. The van der Waals surface area contributed by atoms with Crippen LogP contribution in [0.5, 0.6) is 0 Å². The van der Waals surface area contributed by atoms with Gasteiger partial charge in [-0.1, -0.05) is 6.07 Å². The lowest BCUT2D eigenvalue weighted by molar-refractivity contribution is 0.314. The summed E-state index contributed by atoms with van der Waals surface area (Å²) in [4.78, 5) is 8.42. The number of aliphatic imine (C=N–C) groups is 1. The van der Waals surface area contributed by atoms with Crippen molar-refractivity contribution in [1.82, 2.24) is 19.7 Å². The molecule has 2 rings (SSSR count). The zero-order valence-electron chi connectivity index (χ0n) is 13.5. The summed E-state index contributed by atoms with van der Waals surface area (Å²) in [7, 11) is 1.91. The molecule has 23 heavy (non-hydrogen) atoms. The number of nitrogens with zero attached hydrogens (tertiary/aromatic N) is 4. The van der Waals surface area contributed by atoms with E-state index in [2.05, 4.69) is 19.7 Å². The van der Waals surface area contributed by atoms with Gasteiger partial charge >= 0.3 is 0 Å². The van der Waals surface area contributed by atoms with Crippen LogP contribution in [0.3, 0.4) is 0 Å². The molecule has 2 heterocycles. The molecule has 7 N–H and O–H groups in total. The minimum absolute atomic E-state index is 0.356. The molecule has 0 amide bonds. The van der Waals surface area contributed by atoms with Crippen molar-refractivity contribution in [2.24, 2.45) is 22.3 Å². The van der Waals surface area contributed by atoms with Gasteiger partial charge in [0.2, 0.25) is 0 Å². The van der Waals surface area contributed by atoms with Crippen LogP contribution in [0.25, 0.3) is 5.65 Å². The fraction of sp³-hybridized carbons (Fsp3) is 0.333. The summed E-state index contributed by atoms with van der Waals surface area (Å²) < 4.78 is 2.05. The second-order valence-corrected chi connectivity index (χ2v) is 5.44. The van der Waals surface area contributed by atoms with Crippen molar-refractivity contribution in [3.8, 4) is 0 Å². The first kappa shape index (κ1) is 16.9. The van der Waals surface area contributed by atoms with Gasteiger partial charge in [0.05, 0.1) is 18.4 Å². The highest BCUT2D eigenvalue weighted by Crippen LogP contribution is 2.10. The molecule has 2 aromatic heterocycles. The maximum atomic E-state index is 6.01. The van der Waals surface area contributed by atoms with E-state index >= 15 is 0 Å². The summed E-state index contributed by atoms with van der Waals surface area (Å²) in [6, 6.07) is 3.98. The molecule has 0 saturated heterocycles. The number of rotatable bonds is 7. The minimum atomic E-state index is 0.356. The van der Waals surface area contributed by atoms with Crippen LogP contribution in [-0.4, -0.2) is 33.8 Å². The van der Waals surface area contributed by atoms with Crippen LogP contribution in [0.2, 0.25) is 0 Å². The quantitative estimate of drug-likeness (QED) is 0.245. The minimum Gasteiger partial charge on any atom is -0.401 e. The van der Waals surface area contributed by atoms with Gasteiger partial charge in [0.1, 0.15) is 11.5 Å². The van der Waals surface area contributed by atoms with Crippen molar-refractivity contribution in [3.63, 3.8) is 0 Å².